The first-order chi connectivity index (χ1) is 11.2. The van der Waals surface area contributed by atoms with Crippen molar-refractivity contribution in [1.29, 1.82) is 0 Å². The molecule has 7 heteroatoms. The SMILES string of the molecule is COC(=O)COc1ccc2c(c1)NC(=O)N(C1CCNCC1)C2. The number of anilines is 1. The lowest BCUT2D eigenvalue weighted by Crippen LogP contribution is -2.49. The molecular formula is C16H21N3O4. The van der Waals surface area contributed by atoms with Gasteiger partial charge in [0.1, 0.15) is 5.75 Å². The Labute approximate surface area is 134 Å². The predicted molar refractivity (Wildman–Crippen MR) is 84.4 cm³/mol. The summed E-state index contributed by atoms with van der Waals surface area (Å²) >= 11 is 0. The van der Waals surface area contributed by atoms with E-state index in [1.807, 2.05) is 11.0 Å². The summed E-state index contributed by atoms with van der Waals surface area (Å²) in [5.74, 6) is 0.0913. The van der Waals surface area contributed by atoms with E-state index in [2.05, 4.69) is 15.4 Å². The number of piperidine rings is 1. The quantitative estimate of drug-likeness (QED) is 0.819. The average Bonchev–Trinajstić information content (AvgIpc) is 2.59. The highest BCUT2D eigenvalue weighted by Crippen LogP contribution is 2.30. The molecule has 0 saturated carbocycles. The molecular weight excluding hydrogens is 298 g/mol. The molecule has 0 atom stereocenters. The number of rotatable bonds is 4. The van der Waals surface area contributed by atoms with Crippen molar-refractivity contribution >= 4 is 17.7 Å². The number of benzene rings is 1. The lowest BCUT2D eigenvalue weighted by molar-refractivity contribution is -0.142. The second kappa shape index (κ2) is 6.87. The molecule has 23 heavy (non-hydrogen) atoms. The van der Waals surface area contributed by atoms with Crippen LogP contribution in [0.25, 0.3) is 0 Å². The van der Waals surface area contributed by atoms with E-state index in [4.69, 9.17) is 4.74 Å². The predicted octanol–water partition coefficient (Wildman–Crippen LogP) is 1.34. The molecule has 0 radical (unpaired) electrons. The van der Waals surface area contributed by atoms with E-state index in [0.29, 0.717) is 12.3 Å². The molecule has 1 aromatic carbocycles. The highest BCUT2D eigenvalue weighted by atomic mass is 16.6. The van der Waals surface area contributed by atoms with Gasteiger partial charge in [-0.1, -0.05) is 6.07 Å². The molecule has 2 N–H and O–H groups in total. The fourth-order valence-corrected chi connectivity index (χ4v) is 2.96. The summed E-state index contributed by atoms with van der Waals surface area (Å²) in [7, 11) is 1.31. The van der Waals surface area contributed by atoms with Crippen LogP contribution >= 0.6 is 0 Å². The summed E-state index contributed by atoms with van der Waals surface area (Å²) in [5, 5.41) is 6.23. The zero-order chi connectivity index (χ0) is 16.2. The number of ether oxygens (including phenoxy) is 2. The van der Waals surface area contributed by atoms with E-state index in [0.717, 1.165) is 37.2 Å². The molecule has 0 spiro atoms. The zero-order valence-electron chi connectivity index (χ0n) is 13.1. The smallest absolute Gasteiger partial charge is 0.343 e. The number of hydrogen-bond acceptors (Lipinski definition) is 5. The normalized spacial score (nSPS) is 18.1. The highest BCUT2D eigenvalue weighted by molar-refractivity contribution is 5.92. The lowest BCUT2D eigenvalue weighted by atomic mass is 10.0. The van der Waals surface area contributed by atoms with Crippen molar-refractivity contribution in [2.45, 2.75) is 25.4 Å². The van der Waals surface area contributed by atoms with Crippen molar-refractivity contribution in [3.63, 3.8) is 0 Å². The number of nitrogens with one attached hydrogen (secondary N) is 2. The maximum Gasteiger partial charge on any atom is 0.343 e. The van der Waals surface area contributed by atoms with Crippen LogP contribution < -0.4 is 15.4 Å². The molecule has 0 unspecified atom stereocenters. The molecule has 0 aliphatic carbocycles. The molecule has 1 saturated heterocycles. The lowest BCUT2D eigenvalue weighted by Gasteiger charge is -2.38. The van der Waals surface area contributed by atoms with E-state index in [9.17, 15) is 9.59 Å². The monoisotopic (exact) mass is 319 g/mol. The summed E-state index contributed by atoms with van der Waals surface area (Å²) in [5.41, 5.74) is 1.79. The number of urea groups is 1. The third kappa shape index (κ3) is 3.56. The second-order valence-corrected chi connectivity index (χ2v) is 5.72. The van der Waals surface area contributed by atoms with Crippen LogP contribution in [0.3, 0.4) is 0 Å². The number of esters is 1. The van der Waals surface area contributed by atoms with Crippen molar-refractivity contribution in [3.05, 3.63) is 23.8 Å². The molecule has 2 aliphatic heterocycles. The highest BCUT2D eigenvalue weighted by Gasteiger charge is 2.29. The van der Waals surface area contributed by atoms with Crippen LogP contribution in [0, 0.1) is 0 Å². The maximum atomic E-state index is 12.4. The first kappa shape index (κ1) is 15.6. The summed E-state index contributed by atoms with van der Waals surface area (Å²) < 4.78 is 9.89. The van der Waals surface area contributed by atoms with Crippen LogP contribution in [0.1, 0.15) is 18.4 Å². The molecule has 0 aromatic heterocycles. The topological polar surface area (TPSA) is 79.9 Å². The molecule has 2 amide bonds. The fraction of sp³-hybridized carbons (Fsp3) is 0.500. The number of nitrogens with zero attached hydrogens (tertiary/aromatic N) is 1. The van der Waals surface area contributed by atoms with Gasteiger partial charge in [-0.05, 0) is 37.6 Å². The van der Waals surface area contributed by atoms with Gasteiger partial charge in [-0.2, -0.15) is 0 Å². The first-order valence-corrected chi connectivity index (χ1v) is 7.78. The largest absolute Gasteiger partial charge is 0.482 e. The third-order valence-corrected chi connectivity index (χ3v) is 4.26. The van der Waals surface area contributed by atoms with Gasteiger partial charge in [0.05, 0.1) is 12.8 Å². The Kier molecular flexibility index (Phi) is 4.66. The van der Waals surface area contributed by atoms with E-state index < -0.39 is 5.97 Å². The number of fused-ring (bicyclic) bond motifs is 1. The number of carbonyl (C=O) groups is 2. The molecule has 7 nitrogen and oxygen atoms in total. The van der Waals surface area contributed by atoms with Crippen molar-refractivity contribution in [2.24, 2.45) is 0 Å². The number of methoxy groups -OCH3 is 1. The fourth-order valence-electron chi connectivity index (χ4n) is 2.96. The summed E-state index contributed by atoms with van der Waals surface area (Å²) in [6.07, 6.45) is 1.95. The standard InChI is InChI=1S/C16H21N3O4/c1-22-15(20)10-23-13-3-2-11-9-19(12-4-6-17-7-5-12)16(21)18-14(11)8-13/h2-3,8,12,17H,4-7,9-10H2,1H3,(H,18,21). The molecule has 124 valence electrons. The molecule has 0 bridgehead atoms. The van der Waals surface area contributed by atoms with E-state index in [1.54, 1.807) is 12.1 Å². The van der Waals surface area contributed by atoms with Crippen molar-refractivity contribution in [2.75, 3.05) is 32.1 Å². The van der Waals surface area contributed by atoms with Gasteiger partial charge in [-0.25, -0.2) is 9.59 Å². The van der Waals surface area contributed by atoms with Crippen molar-refractivity contribution in [1.82, 2.24) is 10.2 Å². The van der Waals surface area contributed by atoms with Crippen LogP contribution in [-0.4, -0.2) is 49.7 Å². The zero-order valence-corrected chi connectivity index (χ0v) is 13.1. The van der Waals surface area contributed by atoms with Gasteiger partial charge >= 0.3 is 12.0 Å². The number of hydrogen-bond donors (Lipinski definition) is 2. The van der Waals surface area contributed by atoms with Crippen LogP contribution in [-0.2, 0) is 16.1 Å². The molecule has 1 aromatic rings. The Bertz CT molecular complexity index is 599. The second-order valence-electron chi connectivity index (χ2n) is 5.72. The van der Waals surface area contributed by atoms with Crippen LogP contribution in [0.5, 0.6) is 5.75 Å². The first-order valence-electron chi connectivity index (χ1n) is 7.78. The van der Waals surface area contributed by atoms with Crippen molar-refractivity contribution < 1.29 is 19.1 Å². The minimum Gasteiger partial charge on any atom is -0.482 e. The molecule has 1 fully saturated rings. The average molecular weight is 319 g/mol. The van der Waals surface area contributed by atoms with Gasteiger partial charge in [0, 0.05) is 18.7 Å². The Balaban J connectivity index is 1.69. The van der Waals surface area contributed by atoms with Crippen LogP contribution in [0.15, 0.2) is 18.2 Å². The Morgan fingerprint density at radius 3 is 2.87 bits per heavy atom. The van der Waals surface area contributed by atoms with Gasteiger partial charge in [0.2, 0.25) is 0 Å². The minimum atomic E-state index is -0.441. The summed E-state index contributed by atoms with van der Waals surface area (Å²) in [6, 6.07) is 5.68. The number of carbonyl (C=O) groups excluding carboxylic acids is 2. The van der Waals surface area contributed by atoms with E-state index in [-0.39, 0.29) is 18.7 Å². The molecule has 3 rings (SSSR count). The minimum absolute atomic E-state index is 0.0745. The molecule has 2 heterocycles. The summed E-state index contributed by atoms with van der Waals surface area (Å²) in [4.78, 5) is 25.4. The van der Waals surface area contributed by atoms with E-state index in [1.165, 1.54) is 7.11 Å². The van der Waals surface area contributed by atoms with Gasteiger partial charge in [-0.3, -0.25) is 0 Å². The Morgan fingerprint density at radius 1 is 1.35 bits per heavy atom. The third-order valence-electron chi connectivity index (χ3n) is 4.26. The van der Waals surface area contributed by atoms with Crippen molar-refractivity contribution in [3.8, 4) is 5.75 Å². The Hall–Kier alpha value is -2.28. The van der Waals surface area contributed by atoms with Crippen LogP contribution in [0.4, 0.5) is 10.5 Å². The van der Waals surface area contributed by atoms with Gasteiger partial charge in [0.15, 0.2) is 6.61 Å². The molecule has 2 aliphatic rings. The van der Waals surface area contributed by atoms with Gasteiger partial charge < -0.3 is 25.0 Å². The van der Waals surface area contributed by atoms with Crippen LogP contribution in [0.2, 0.25) is 0 Å². The van der Waals surface area contributed by atoms with E-state index >= 15 is 0 Å². The van der Waals surface area contributed by atoms with Gasteiger partial charge in [-0.15, -0.1) is 0 Å². The maximum absolute atomic E-state index is 12.4. The van der Waals surface area contributed by atoms with Gasteiger partial charge in [0.25, 0.3) is 0 Å². The number of amides is 2. The Morgan fingerprint density at radius 2 is 2.13 bits per heavy atom. The summed E-state index contributed by atoms with van der Waals surface area (Å²) in [6.45, 7) is 2.34.